The fourth-order valence-corrected chi connectivity index (χ4v) is 2.98. The average molecular weight is 368 g/mol. The lowest BCUT2D eigenvalue weighted by Crippen LogP contribution is -2.35. The van der Waals surface area contributed by atoms with Crippen molar-refractivity contribution in [3.05, 3.63) is 42.5 Å². The topological polar surface area (TPSA) is 85.9 Å². The zero-order valence-corrected chi connectivity index (χ0v) is 14.9. The first-order chi connectivity index (χ1) is 13.1. The number of ether oxygens (including phenoxy) is 3. The highest BCUT2D eigenvalue weighted by Crippen LogP contribution is 2.47. The lowest BCUT2D eigenvalue weighted by atomic mass is 10.0. The molecule has 0 atom stereocenters. The Morgan fingerprint density at radius 2 is 1.48 bits per heavy atom. The molecule has 0 unspecified atom stereocenters. The van der Waals surface area contributed by atoms with Crippen molar-refractivity contribution < 1.29 is 23.8 Å². The lowest BCUT2D eigenvalue weighted by Gasteiger charge is -2.20. The quantitative estimate of drug-likeness (QED) is 0.793. The fourth-order valence-electron chi connectivity index (χ4n) is 2.98. The molecule has 1 fully saturated rings. The Hall–Kier alpha value is -3.22. The van der Waals surface area contributed by atoms with Crippen LogP contribution in [0.2, 0.25) is 0 Å². The van der Waals surface area contributed by atoms with Crippen molar-refractivity contribution in [1.29, 1.82) is 0 Å². The summed E-state index contributed by atoms with van der Waals surface area (Å²) < 4.78 is 16.1. The molecule has 1 heterocycles. The van der Waals surface area contributed by atoms with Crippen LogP contribution in [0.3, 0.4) is 0 Å². The molecule has 2 aromatic rings. The van der Waals surface area contributed by atoms with E-state index < -0.39 is 5.41 Å². The summed E-state index contributed by atoms with van der Waals surface area (Å²) in [5.74, 6) is 1.32. The molecule has 0 radical (unpaired) electrons. The number of hydrogen-bond donors (Lipinski definition) is 2. The minimum absolute atomic E-state index is 0.303. The predicted molar refractivity (Wildman–Crippen MR) is 99.4 cm³/mol. The number of carbonyl (C=O) groups excluding carboxylic acids is 2. The average Bonchev–Trinajstić information content (AvgIpc) is 3.51. The summed E-state index contributed by atoms with van der Waals surface area (Å²) >= 11 is 0. The van der Waals surface area contributed by atoms with Gasteiger partial charge in [0.2, 0.25) is 11.8 Å². The predicted octanol–water partition coefficient (Wildman–Crippen LogP) is 2.82. The van der Waals surface area contributed by atoms with Crippen LogP contribution in [0, 0.1) is 5.41 Å². The number of fused-ring (bicyclic) bond motifs is 1. The van der Waals surface area contributed by atoms with E-state index in [1.54, 1.807) is 49.6 Å². The molecule has 0 bridgehead atoms. The standard InChI is InChI=1S/C20H20N2O5/c1-25-15-5-2-13(3-6-15)21-18(23)20(8-9-20)19(24)22-14-4-7-16-17(12-14)27-11-10-26-16/h2-7,12H,8-11H2,1H3,(H,21,23)(H,22,24). The highest BCUT2D eigenvalue weighted by Gasteiger charge is 2.56. The molecule has 2 aromatic carbocycles. The Labute approximate surface area is 156 Å². The minimum atomic E-state index is -1.03. The van der Waals surface area contributed by atoms with Gasteiger partial charge in [0, 0.05) is 17.4 Å². The summed E-state index contributed by atoms with van der Waals surface area (Å²) in [5.41, 5.74) is 0.166. The molecule has 1 aliphatic carbocycles. The van der Waals surface area contributed by atoms with E-state index in [0.717, 1.165) is 0 Å². The third-order valence-electron chi connectivity index (χ3n) is 4.77. The van der Waals surface area contributed by atoms with Crippen LogP contribution in [0.4, 0.5) is 11.4 Å². The fraction of sp³-hybridized carbons (Fsp3) is 0.300. The van der Waals surface area contributed by atoms with Crippen LogP contribution in [-0.2, 0) is 9.59 Å². The maximum Gasteiger partial charge on any atom is 0.240 e. The molecule has 0 aromatic heterocycles. The maximum absolute atomic E-state index is 12.7. The van der Waals surface area contributed by atoms with Crippen molar-refractivity contribution in [2.75, 3.05) is 31.0 Å². The van der Waals surface area contributed by atoms with Gasteiger partial charge in [0.15, 0.2) is 11.5 Å². The van der Waals surface area contributed by atoms with E-state index in [4.69, 9.17) is 14.2 Å². The van der Waals surface area contributed by atoms with Gasteiger partial charge >= 0.3 is 0 Å². The smallest absolute Gasteiger partial charge is 0.240 e. The van der Waals surface area contributed by atoms with Crippen LogP contribution in [0.5, 0.6) is 17.2 Å². The van der Waals surface area contributed by atoms with Gasteiger partial charge in [-0.3, -0.25) is 9.59 Å². The summed E-state index contributed by atoms with van der Waals surface area (Å²) in [4.78, 5) is 25.4. The van der Waals surface area contributed by atoms with E-state index in [-0.39, 0.29) is 11.8 Å². The second-order valence-corrected chi connectivity index (χ2v) is 6.58. The summed E-state index contributed by atoms with van der Waals surface area (Å²) in [5, 5.41) is 5.64. The molecule has 2 N–H and O–H groups in total. The zero-order chi connectivity index (χ0) is 18.9. The Balaban J connectivity index is 1.43. The van der Waals surface area contributed by atoms with Gasteiger partial charge in [0.05, 0.1) is 7.11 Å². The van der Waals surface area contributed by atoms with Crippen molar-refractivity contribution in [2.45, 2.75) is 12.8 Å². The van der Waals surface area contributed by atoms with Crippen LogP contribution in [0.15, 0.2) is 42.5 Å². The van der Waals surface area contributed by atoms with Gasteiger partial charge < -0.3 is 24.8 Å². The van der Waals surface area contributed by atoms with Crippen molar-refractivity contribution in [3.63, 3.8) is 0 Å². The molecule has 7 heteroatoms. The van der Waals surface area contributed by atoms with Crippen LogP contribution < -0.4 is 24.8 Å². The summed E-state index contributed by atoms with van der Waals surface area (Å²) in [6.45, 7) is 0.978. The third kappa shape index (κ3) is 3.40. The van der Waals surface area contributed by atoms with Gasteiger partial charge in [-0.2, -0.15) is 0 Å². The second-order valence-electron chi connectivity index (χ2n) is 6.58. The molecule has 0 saturated heterocycles. The van der Waals surface area contributed by atoms with Crippen LogP contribution >= 0.6 is 0 Å². The number of benzene rings is 2. The molecule has 0 spiro atoms. The van der Waals surface area contributed by atoms with E-state index in [1.807, 2.05) is 0 Å². The van der Waals surface area contributed by atoms with Gasteiger partial charge in [-0.15, -0.1) is 0 Å². The molecule has 140 valence electrons. The number of carbonyl (C=O) groups is 2. The molecule has 27 heavy (non-hydrogen) atoms. The van der Waals surface area contributed by atoms with E-state index in [2.05, 4.69) is 10.6 Å². The lowest BCUT2D eigenvalue weighted by molar-refractivity contribution is -0.131. The highest BCUT2D eigenvalue weighted by molar-refractivity contribution is 6.16. The first-order valence-electron chi connectivity index (χ1n) is 8.77. The number of methoxy groups -OCH3 is 1. The summed E-state index contributed by atoms with van der Waals surface area (Å²) in [7, 11) is 1.58. The summed E-state index contributed by atoms with van der Waals surface area (Å²) in [6.07, 6.45) is 1.04. The van der Waals surface area contributed by atoms with Crippen molar-refractivity contribution in [3.8, 4) is 17.2 Å². The van der Waals surface area contributed by atoms with Crippen molar-refractivity contribution in [1.82, 2.24) is 0 Å². The number of amides is 2. The van der Waals surface area contributed by atoms with Gasteiger partial charge in [-0.1, -0.05) is 0 Å². The number of anilines is 2. The third-order valence-corrected chi connectivity index (χ3v) is 4.77. The van der Waals surface area contributed by atoms with Crippen molar-refractivity contribution in [2.24, 2.45) is 5.41 Å². The van der Waals surface area contributed by atoms with Crippen LogP contribution in [0.25, 0.3) is 0 Å². The Morgan fingerprint density at radius 1 is 0.889 bits per heavy atom. The highest BCUT2D eigenvalue weighted by atomic mass is 16.6. The Bertz CT molecular complexity index is 874. The number of hydrogen-bond acceptors (Lipinski definition) is 5. The van der Waals surface area contributed by atoms with Crippen LogP contribution in [0.1, 0.15) is 12.8 Å². The number of nitrogens with one attached hydrogen (secondary N) is 2. The maximum atomic E-state index is 12.7. The Morgan fingerprint density at radius 3 is 2.11 bits per heavy atom. The van der Waals surface area contributed by atoms with E-state index >= 15 is 0 Å². The van der Waals surface area contributed by atoms with Crippen LogP contribution in [-0.4, -0.2) is 32.1 Å². The SMILES string of the molecule is COc1ccc(NC(=O)C2(C(=O)Nc3ccc4c(c3)OCCO4)CC2)cc1. The molecule has 2 aliphatic rings. The molecule has 1 aliphatic heterocycles. The molecule has 7 nitrogen and oxygen atoms in total. The van der Waals surface area contributed by atoms with Gasteiger partial charge in [-0.25, -0.2) is 0 Å². The molecule has 2 amide bonds. The zero-order valence-electron chi connectivity index (χ0n) is 14.9. The molecular weight excluding hydrogens is 348 g/mol. The number of rotatable bonds is 5. The van der Waals surface area contributed by atoms with Gasteiger partial charge in [0.25, 0.3) is 0 Å². The normalized spacial score (nSPS) is 16.2. The first kappa shape index (κ1) is 17.2. The van der Waals surface area contributed by atoms with E-state index in [9.17, 15) is 9.59 Å². The minimum Gasteiger partial charge on any atom is -0.497 e. The summed E-state index contributed by atoms with van der Waals surface area (Å²) in [6, 6.07) is 12.2. The van der Waals surface area contributed by atoms with Gasteiger partial charge in [0.1, 0.15) is 24.4 Å². The largest absolute Gasteiger partial charge is 0.497 e. The first-order valence-corrected chi connectivity index (χ1v) is 8.77. The molecule has 4 rings (SSSR count). The van der Waals surface area contributed by atoms with E-state index in [0.29, 0.717) is 54.7 Å². The monoisotopic (exact) mass is 368 g/mol. The van der Waals surface area contributed by atoms with Gasteiger partial charge in [-0.05, 0) is 49.2 Å². The second kappa shape index (κ2) is 6.83. The Kier molecular flexibility index (Phi) is 4.35. The molecular formula is C20H20N2O5. The van der Waals surface area contributed by atoms with Crippen molar-refractivity contribution >= 4 is 23.2 Å². The molecule has 1 saturated carbocycles. The van der Waals surface area contributed by atoms with E-state index in [1.165, 1.54) is 0 Å².